The molecule has 0 saturated carbocycles. The molecule has 102 heavy (non-hydrogen) atoms. The number of hydrogen-bond acceptors (Lipinski definition) is 18. The Morgan fingerprint density at radius 1 is 0.343 bits per heavy atom. The highest BCUT2D eigenvalue weighted by Gasteiger charge is 2.54. The molecule has 3 fully saturated rings. The highest BCUT2D eigenvalue weighted by Crippen LogP contribution is 2.33. The summed E-state index contributed by atoms with van der Waals surface area (Å²) in [5.41, 5.74) is 0. The van der Waals surface area contributed by atoms with E-state index in [0.29, 0.717) is 12.8 Å². The average molecular weight is 1460 g/mol. The van der Waals surface area contributed by atoms with Crippen molar-refractivity contribution < 1.29 is 89.4 Å². The molecule has 3 heterocycles. The molecule has 3 rings (SSSR count). The first-order valence-electron chi connectivity index (χ1n) is 42.2. The molecule has 3 aliphatic rings. The Hall–Kier alpha value is -1.99. The minimum absolute atomic E-state index is 0.240. The highest BCUT2D eigenvalue weighted by atomic mass is 16.8. The summed E-state index contributed by atoms with van der Waals surface area (Å²) in [6, 6.07) is -0.990. The maximum Gasteiger partial charge on any atom is 0.220 e. The third kappa shape index (κ3) is 43.3. The maximum absolute atomic E-state index is 13.5. The molecule has 19 nitrogen and oxygen atoms in total. The number of aliphatic hydroxyl groups is 11. The van der Waals surface area contributed by atoms with E-state index < -0.39 is 124 Å². The zero-order valence-corrected chi connectivity index (χ0v) is 64.4. The molecular formula is C83H155NO18. The maximum atomic E-state index is 13.5. The average Bonchev–Trinajstić information content (AvgIpc) is 0.781. The lowest BCUT2D eigenvalue weighted by Crippen LogP contribution is -2.66. The number of hydrogen-bond donors (Lipinski definition) is 12. The van der Waals surface area contributed by atoms with Crippen LogP contribution in [0.15, 0.2) is 36.5 Å². The molecule has 19 heteroatoms. The third-order valence-electron chi connectivity index (χ3n) is 21.2. The summed E-state index contributed by atoms with van der Waals surface area (Å²) < 4.78 is 34.5. The van der Waals surface area contributed by atoms with Gasteiger partial charge in [-0.2, -0.15) is 0 Å². The molecule has 3 saturated heterocycles. The van der Waals surface area contributed by atoms with Crippen LogP contribution in [0.5, 0.6) is 0 Å². The standard InChI is InChI=1S/C83H155NO18/c1-3-5-7-9-11-13-15-17-19-21-23-25-27-28-29-30-31-32-33-34-35-36-37-38-39-41-43-45-47-49-51-53-55-57-59-61-71(89)84-66(67(88)60-58-56-54-52-50-48-46-44-42-40-26-24-22-20-18-16-14-12-10-8-6-4-2)65-97-81-77(95)74(92)79(69(63-86)99-81)102-83-78(96)75(93)80(70(64-87)100-83)101-82-76(94)73(91)72(90)68(62-85)98-82/h21,23,50,52,58,60,66-70,72-83,85-88,90-96H,3-20,22,24-49,51,53-57,59,61-65H2,1-2H3,(H,84,89)/b23-21-,52-50+,60-58+. The van der Waals surface area contributed by atoms with E-state index in [1.54, 1.807) is 6.08 Å². The normalized spacial score (nSPS) is 26.3. The van der Waals surface area contributed by atoms with Crippen molar-refractivity contribution in [1.29, 1.82) is 0 Å². The number of amides is 1. The number of allylic oxidation sites excluding steroid dienone is 5. The second-order valence-corrected chi connectivity index (χ2v) is 30.3. The molecule has 0 aliphatic carbocycles. The molecule has 0 spiro atoms. The minimum atomic E-state index is -1.98. The second kappa shape index (κ2) is 63.9. The minimum Gasteiger partial charge on any atom is -0.394 e. The lowest BCUT2D eigenvalue weighted by molar-refractivity contribution is -0.379. The van der Waals surface area contributed by atoms with E-state index in [-0.39, 0.29) is 18.9 Å². The van der Waals surface area contributed by atoms with Crippen molar-refractivity contribution in [3.05, 3.63) is 36.5 Å². The summed E-state index contributed by atoms with van der Waals surface area (Å²) in [6.07, 6.45) is 53.0. The molecule has 0 aromatic carbocycles. The van der Waals surface area contributed by atoms with Crippen molar-refractivity contribution in [3.8, 4) is 0 Å². The number of rotatable bonds is 68. The molecule has 1 amide bonds. The molecular weight excluding hydrogens is 1300 g/mol. The largest absolute Gasteiger partial charge is 0.394 e. The summed E-state index contributed by atoms with van der Waals surface area (Å²) in [7, 11) is 0. The molecule has 17 atom stereocenters. The van der Waals surface area contributed by atoms with Gasteiger partial charge in [0.2, 0.25) is 5.91 Å². The Morgan fingerprint density at radius 3 is 0.980 bits per heavy atom. The Bertz CT molecular complexity index is 1980. The van der Waals surface area contributed by atoms with Gasteiger partial charge in [0.05, 0.1) is 38.6 Å². The molecule has 0 aromatic heterocycles. The summed E-state index contributed by atoms with van der Waals surface area (Å²) in [5.74, 6) is -0.278. The van der Waals surface area contributed by atoms with Gasteiger partial charge in [0.1, 0.15) is 73.2 Å². The van der Waals surface area contributed by atoms with Gasteiger partial charge in [-0.3, -0.25) is 4.79 Å². The third-order valence-corrected chi connectivity index (χ3v) is 21.2. The van der Waals surface area contributed by atoms with E-state index in [2.05, 4.69) is 43.5 Å². The summed E-state index contributed by atoms with van der Waals surface area (Å²) in [4.78, 5) is 13.5. The van der Waals surface area contributed by atoms with Gasteiger partial charge in [0, 0.05) is 6.42 Å². The first-order valence-corrected chi connectivity index (χ1v) is 42.2. The Kier molecular flexibility index (Phi) is 59.0. The predicted octanol–water partition coefficient (Wildman–Crippen LogP) is 14.7. The van der Waals surface area contributed by atoms with Gasteiger partial charge in [-0.15, -0.1) is 0 Å². The highest BCUT2D eigenvalue weighted by molar-refractivity contribution is 5.76. The van der Waals surface area contributed by atoms with Gasteiger partial charge < -0.3 is 89.9 Å². The molecule has 17 unspecified atom stereocenters. The van der Waals surface area contributed by atoms with Crippen LogP contribution in [0.2, 0.25) is 0 Å². The lowest BCUT2D eigenvalue weighted by Gasteiger charge is -2.48. The van der Waals surface area contributed by atoms with Crippen molar-refractivity contribution in [2.75, 3.05) is 26.4 Å². The van der Waals surface area contributed by atoms with Crippen LogP contribution in [0.25, 0.3) is 0 Å². The number of unbranched alkanes of at least 4 members (excludes halogenated alkanes) is 48. The lowest BCUT2D eigenvalue weighted by atomic mass is 9.96. The summed E-state index contributed by atoms with van der Waals surface area (Å²) in [6.45, 7) is 1.77. The van der Waals surface area contributed by atoms with Crippen LogP contribution in [-0.2, 0) is 33.2 Å². The molecule has 12 N–H and O–H groups in total. The topological polar surface area (TPSA) is 307 Å². The van der Waals surface area contributed by atoms with Crippen LogP contribution in [0.4, 0.5) is 0 Å². The fourth-order valence-electron chi connectivity index (χ4n) is 14.4. The van der Waals surface area contributed by atoms with Gasteiger partial charge >= 0.3 is 0 Å². The van der Waals surface area contributed by atoms with Crippen LogP contribution >= 0.6 is 0 Å². The summed E-state index contributed by atoms with van der Waals surface area (Å²) in [5, 5.41) is 121. The van der Waals surface area contributed by atoms with Gasteiger partial charge in [-0.05, 0) is 57.8 Å². The van der Waals surface area contributed by atoms with Crippen LogP contribution in [0.3, 0.4) is 0 Å². The summed E-state index contributed by atoms with van der Waals surface area (Å²) >= 11 is 0. The van der Waals surface area contributed by atoms with E-state index in [1.165, 1.54) is 283 Å². The zero-order valence-electron chi connectivity index (χ0n) is 64.4. The molecule has 0 bridgehead atoms. The van der Waals surface area contributed by atoms with Gasteiger partial charge in [-0.1, -0.05) is 326 Å². The fourth-order valence-corrected chi connectivity index (χ4v) is 14.4. The first-order chi connectivity index (χ1) is 49.8. The van der Waals surface area contributed by atoms with Crippen molar-refractivity contribution >= 4 is 5.91 Å². The quantitative estimate of drug-likeness (QED) is 0.0199. The smallest absolute Gasteiger partial charge is 0.220 e. The van der Waals surface area contributed by atoms with Gasteiger partial charge in [0.25, 0.3) is 0 Å². The molecule has 3 aliphatic heterocycles. The number of ether oxygens (including phenoxy) is 6. The Balaban J connectivity index is 1.34. The number of carbonyl (C=O) groups is 1. The van der Waals surface area contributed by atoms with Gasteiger partial charge in [0.15, 0.2) is 18.9 Å². The van der Waals surface area contributed by atoms with Crippen molar-refractivity contribution in [2.24, 2.45) is 0 Å². The van der Waals surface area contributed by atoms with Crippen LogP contribution in [0, 0.1) is 0 Å². The van der Waals surface area contributed by atoms with Crippen LogP contribution < -0.4 is 5.32 Å². The van der Waals surface area contributed by atoms with Gasteiger partial charge in [-0.25, -0.2) is 0 Å². The van der Waals surface area contributed by atoms with Crippen molar-refractivity contribution in [3.63, 3.8) is 0 Å². The van der Waals surface area contributed by atoms with E-state index in [1.807, 2.05) is 6.08 Å². The zero-order chi connectivity index (χ0) is 73.9. The second-order valence-electron chi connectivity index (χ2n) is 30.3. The van der Waals surface area contributed by atoms with E-state index in [0.717, 1.165) is 38.5 Å². The Labute approximate surface area is 619 Å². The van der Waals surface area contributed by atoms with E-state index in [4.69, 9.17) is 28.4 Å². The predicted molar refractivity (Wildman–Crippen MR) is 406 cm³/mol. The first kappa shape index (κ1) is 94.2. The van der Waals surface area contributed by atoms with E-state index >= 15 is 0 Å². The Morgan fingerprint density at radius 2 is 0.627 bits per heavy atom. The van der Waals surface area contributed by atoms with Crippen molar-refractivity contribution in [2.45, 2.75) is 458 Å². The number of aliphatic hydroxyl groups excluding tert-OH is 11. The van der Waals surface area contributed by atoms with Crippen LogP contribution in [-0.4, -0.2) is 193 Å². The number of carbonyl (C=O) groups excluding carboxylic acids is 1. The molecule has 0 radical (unpaired) electrons. The van der Waals surface area contributed by atoms with E-state index in [9.17, 15) is 61.0 Å². The fraction of sp³-hybridized carbons (Fsp3) is 0.916. The molecule has 0 aromatic rings. The monoisotopic (exact) mass is 1450 g/mol. The van der Waals surface area contributed by atoms with Crippen molar-refractivity contribution in [1.82, 2.24) is 5.32 Å². The molecule has 600 valence electrons. The van der Waals surface area contributed by atoms with Crippen LogP contribution in [0.1, 0.15) is 354 Å². The SMILES string of the molecule is CCCCCCCCCC/C=C\CCCCCCCCCCCCCCCCCCCCCCCCCC(=O)NC(COC1OC(CO)C(OC2OC(CO)C(OC3OC(CO)C(O)C(O)C3O)C(O)C2O)C(O)C1O)C(O)/C=C/CC/C=C/CCCCCCCCCCCCCCCCCC. The number of nitrogens with one attached hydrogen (secondary N) is 1.